The Morgan fingerprint density at radius 2 is 2.17 bits per heavy atom. The molecule has 0 radical (unpaired) electrons. The zero-order valence-electron chi connectivity index (χ0n) is 13.3. The van der Waals surface area contributed by atoms with Gasteiger partial charge in [0, 0.05) is 17.8 Å². The van der Waals surface area contributed by atoms with E-state index >= 15 is 0 Å². The van der Waals surface area contributed by atoms with Gasteiger partial charge in [0.25, 0.3) is 0 Å². The summed E-state index contributed by atoms with van der Waals surface area (Å²) in [6, 6.07) is 9.76. The van der Waals surface area contributed by atoms with Crippen LogP contribution in [0.4, 0.5) is 0 Å². The summed E-state index contributed by atoms with van der Waals surface area (Å²) in [4.78, 5) is 17.3. The smallest absolute Gasteiger partial charge is 0.316 e. The number of rotatable bonds is 4. The summed E-state index contributed by atoms with van der Waals surface area (Å²) in [6.45, 7) is 2.31. The van der Waals surface area contributed by atoms with Crippen molar-refractivity contribution in [1.29, 1.82) is 0 Å². The highest BCUT2D eigenvalue weighted by Crippen LogP contribution is 2.23. The molecule has 124 valence electrons. The van der Waals surface area contributed by atoms with Crippen molar-refractivity contribution in [3.05, 3.63) is 63.2 Å². The summed E-state index contributed by atoms with van der Waals surface area (Å²) < 4.78 is 3.29. The number of benzene rings is 1. The second-order valence-corrected chi connectivity index (χ2v) is 6.71. The maximum atomic E-state index is 13.0. The van der Waals surface area contributed by atoms with Crippen molar-refractivity contribution in [1.82, 2.24) is 24.6 Å². The molecule has 7 heteroatoms. The van der Waals surface area contributed by atoms with Gasteiger partial charge < -0.3 is 5.32 Å². The van der Waals surface area contributed by atoms with Crippen molar-refractivity contribution in [3.8, 4) is 5.69 Å². The van der Waals surface area contributed by atoms with E-state index in [0.717, 1.165) is 43.1 Å². The summed E-state index contributed by atoms with van der Waals surface area (Å²) in [6.07, 6.45) is 2.15. The third-order valence-corrected chi connectivity index (χ3v) is 4.97. The van der Waals surface area contributed by atoms with Gasteiger partial charge in [0.05, 0.1) is 23.4 Å². The molecule has 4 rings (SSSR count). The number of aromatic nitrogens is 4. The Labute approximate surface area is 143 Å². The molecule has 6 nitrogen and oxygen atoms in total. The summed E-state index contributed by atoms with van der Waals surface area (Å²) in [5.74, 6) is 1.09. The molecule has 1 aromatic carbocycles. The predicted octanol–water partition coefficient (Wildman–Crippen LogP) is 2.01. The van der Waals surface area contributed by atoms with Crippen molar-refractivity contribution >= 4 is 11.3 Å². The Balaban J connectivity index is 1.79. The maximum absolute atomic E-state index is 13.0. The van der Waals surface area contributed by atoms with E-state index in [1.165, 1.54) is 16.0 Å². The molecule has 1 N–H and O–H groups in total. The quantitative estimate of drug-likeness (QED) is 0.788. The van der Waals surface area contributed by atoms with E-state index in [-0.39, 0.29) is 11.6 Å². The van der Waals surface area contributed by atoms with E-state index in [9.17, 15) is 4.79 Å². The SMILES string of the molecule is O=c1n(Cc2cscn2)nc([C@@H]2CCCNC2)n1-c1ccccc1. The number of para-hydroxylation sites is 1. The normalized spacial score (nSPS) is 17.9. The molecule has 3 aromatic rings. The van der Waals surface area contributed by atoms with Crippen molar-refractivity contribution in [3.63, 3.8) is 0 Å². The van der Waals surface area contributed by atoms with E-state index < -0.39 is 0 Å². The Kier molecular flexibility index (Phi) is 4.27. The van der Waals surface area contributed by atoms with Crippen LogP contribution in [0.15, 0.2) is 46.0 Å². The van der Waals surface area contributed by atoms with Crippen LogP contribution in [0.2, 0.25) is 0 Å². The van der Waals surface area contributed by atoms with Gasteiger partial charge in [-0.25, -0.2) is 19.0 Å². The van der Waals surface area contributed by atoms with Gasteiger partial charge in [-0.15, -0.1) is 11.3 Å². The largest absolute Gasteiger partial charge is 0.350 e. The van der Waals surface area contributed by atoms with Gasteiger partial charge >= 0.3 is 5.69 Å². The topological polar surface area (TPSA) is 64.7 Å². The third kappa shape index (κ3) is 2.92. The molecule has 1 fully saturated rings. The van der Waals surface area contributed by atoms with Crippen LogP contribution in [-0.2, 0) is 6.54 Å². The van der Waals surface area contributed by atoms with Gasteiger partial charge in [-0.2, -0.15) is 5.10 Å². The summed E-state index contributed by atoms with van der Waals surface area (Å²) in [5, 5.41) is 10.0. The predicted molar refractivity (Wildman–Crippen MR) is 93.9 cm³/mol. The van der Waals surface area contributed by atoms with Gasteiger partial charge in [0.2, 0.25) is 0 Å². The van der Waals surface area contributed by atoms with Crippen LogP contribution in [-0.4, -0.2) is 32.4 Å². The van der Waals surface area contributed by atoms with E-state index in [4.69, 9.17) is 0 Å². The van der Waals surface area contributed by atoms with Gasteiger partial charge in [-0.3, -0.25) is 0 Å². The Morgan fingerprint density at radius 3 is 2.88 bits per heavy atom. The number of hydrogen-bond acceptors (Lipinski definition) is 5. The molecule has 24 heavy (non-hydrogen) atoms. The number of hydrogen-bond donors (Lipinski definition) is 1. The minimum absolute atomic E-state index is 0.102. The first-order valence-corrected chi connectivity index (χ1v) is 9.10. The number of piperidine rings is 1. The molecule has 0 saturated carbocycles. The van der Waals surface area contributed by atoms with Crippen LogP contribution in [0.5, 0.6) is 0 Å². The minimum Gasteiger partial charge on any atom is -0.316 e. The highest BCUT2D eigenvalue weighted by atomic mass is 32.1. The molecule has 3 heterocycles. The lowest BCUT2D eigenvalue weighted by atomic mass is 9.99. The summed E-state index contributed by atoms with van der Waals surface area (Å²) in [5.41, 5.74) is 3.41. The Bertz CT molecular complexity index is 847. The number of nitrogens with one attached hydrogen (secondary N) is 1. The lowest BCUT2D eigenvalue weighted by molar-refractivity contribution is 0.439. The van der Waals surface area contributed by atoms with Crippen molar-refractivity contribution in [2.24, 2.45) is 0 Å². The lowest BCUT2D eigenvalue weighted by Crippen LogP contribution is -2.31. The van der Waals surface area contributed by atoms with Crippen molar-refractivity contribution in [2.75, 3.05) is 13.1 Å². The van der Waals surface area contributed by atoms with Gasteiger partial charge in [-0.05, 0) is 31.5 Å². The van der Waals surface area contributed by atoms with Gasteiger partial charge in [0.15, 0.2) is 0 Å². The van der Waals surface area contributed by atoms with Gasteiger partial charge in [-0.1, -0.05) is 18.2 Å². The van der Waals surface area contributed by atoms with Crippen molar-refractivity contribution < 1.29 is 0 Å². The van der Waals surface area contributed by atoms with E-state index in [2.05, 4.69) is 15.4 Å². The molecule has 0 amide bonds. The molecule has 1 aliphatic heterocycles. The highest BCUT2D eigenvalue weighted by Gasteiger charge is 2.24. The zero-order valence-corrected chi connectivity index (χ0v) is 14.1. The Morgan fingerprint density at radius 1 is 1.29 bits per heavy atom. The average Bonchev–Trinajstić information content (AvgIpc) is 3.25. The van der Waals surface area contributed by atoms with Crippen LogP contribution in [0.25, 0.3) is 5.69 Å². The first kappa shape index (κ1) is 15.3. The van der Waals surface area contributed by atoms with Crippen LogP contribution >= 0.6 is 11.3 Å². The first-order chi connectivity index (χ1) is 11.8. The molecular weight excluding hydrogens is 322 g/mol. The maximum Gasteiger partial charge on any atom is 0.350 e. The molecule has 2 aromatic heterocycles. The fraction of sp³-hybridized carbons (Fsp3) is 0.353. The third-order valence-electron chi connectivity index (χ3n) is 4.34. The van der Waals surface area contributed by atoms with E-state index in [0.29, 0.717) is 6.54 Å². The second kappa shape index (κ2) is 6.70. The van der Waals surface area contributed by atoms with Crippen LogP contribution in [0.3, 0.4) is 0 Å². The second-order valence-electron chi connectivity index (χ2n) is 5.99. The summed E-state index contributed by atoms with van der Waals surface area (Å²) >= 11 is 1.53. The van der Waals surface area contributed by atoms with Crippen LogP contribution < -0.4 is 11.0 Å². The van der Waals surface area contributed by atoms with Crippen LogP contribution in [0.1, 0.15) is 30.3 Å². The Hall–Kier alpha value is -2.25. The monoisotopic (exact) mass is 341 g/mol. The molecule has 1 aliphatic rings. The molecule has 0 unspecified atom stereocenters. The average molecular weight is 341 g/mol. The van der Waals surface area contributed by atoms with E-state index in [1.54, 1.807) is 10.1 Å². The molecule has 0 aliphatic carbocycles. The molecule has 0 spiro atoms. The van der Waals surface area contributed by atoms with E-state index in [1.807, 2.05) is 35.7 Å². The van der Waals surface area contributed by atoms with Crippen molar-refractivity contribution in [2.45, 2.75) is 25.3 Å². The first-order valence-electron chi connectivity index (χ1n) is 8.16. The molecular formula is C17H19N5OS. The molecule has 1 atom stereocenters. The number of thiazole rings is 1. The van der Waals surface area contributed by atoms with Crippen LogP contribution in [0, 0.1) is 0 Å². The molecule has 0 bridgehead atoms. The highest BCUT2D eigenvalue weighted by molar-refractivity contribution is 7.07. The lowest BCUT2D eigenvalue weighted by Gasteiger charge is -2.22. The minimum atomic E-state index is -0.102. The molecule has 1 saturated heterocycles. The fourth-order valence-corrected chi connectivity index (χ4v) is 3.70. The summed E-state index contributed by atoms with van der Waals surface area (Å²) in [7, 11) is 0. The fourth-order valence-electron chi connectivity index (χ4n) is 3.15. The zero-order chi connectivity index (χ0) is 16.4. The standard InChI is InChI=1S/C17H19N5OS/c23-17-21(10-14-11-24-12-19-14)20-16(13-5-4-8-18-9-13)22(17)15-6-2-1-3-7-15/h1-3,6-7,11-13,18H,4-5,8-10H2/t13-/m1/s1. The van der Waals surface area contributed by atoms with Gasteiger partial charge in [0.1, 0.15) is 5.82 Å². The number of nitrogens with zero attached hydrogens (tertiary/aromatic N) is 4.